The van der Waals surface area contributed by atoms with Crippen molar-refractivity contribution in [1.29, 1.82) is 0 Å². The lowest BCUT2D eigenvalue weighted by Gasteiger charge is -2.16. The number of ether oxygens (including phenoxy) is 1. The molecule has 0 unspecified atom stereocenters. The summed E-state index contributed by atoms with van der Waals surface area (Å²) in [5, 5.41) is 7.15. The monoisotopic (exact) mass is 271 g/mol. The van der Waals surface area contributed by atoms with E-state index in [0.29, 0.717) is 18.1 Å². The van der Waals surface area contributed by atoms with Crippen LogP contribution in [0.2, 0.25) is 0 Å². The Morgan fingerprint density at radius 1 is 1.35 bits per heavy atom. The van der Waals surface area contributed by atoms with Gasteiger partial charge in [0.25, 0.3) is 5.91 Å². The zero-order valence-corrected chi connectivity index (χ0v) is 11.6. The molecule has 0 saturated carbocycles. The van der Waals surface area contributed by atoms with Gasteiger partial charge in [0.15, 0.2) is 0 Å². The van der Waals surface area contributed by atoms with Crippen molar-refractivity contribution in [3.63, 3.8) is 0 Å². The Morgan fingerprint density at radius 2 is 2.10 bits per heavy atom. The van der Waals surface area contributed by atoms with E-state index in [1.807, 2.05) is 32.0 Å². The van der Waals surface area contributed by atoms with E-state index < -0.39 is 0 Å². The molecule has 1 aromatic carbocycles. The van der Waals surface area contributed by atoms with Crippen LogP contribution in [-0.2, 0) is 6.54 Å². The average molecular weight is 271 g/mol. The fourth-order valence-corrected chi connectivity index (χ4v) is 2.42. The molecule has 2 aromatic rings. The number of aryl methyl sites for hydroxylation is 3. The second-order valence-electron chi connectivity index (χ2n) is 5.01. The van der Waals surface area contributed by atoms with E-state index >= 15 is 0 Å². The molecule has 1 N–H and O–H groups in total. The fourth-order valence-electron chi connectivity index (χ4n) is 2.42. The minimum Gasteiger partial charge on any atom is -0.477 e. The zero-order valence-electron chi connectivity index (χ0n) is 11.6. The number of carbonyl (C=O) groups excluding carboxylic acids is 1. The summed E-state index contributed by atoms with van der Waals surface area (Å²) in [6, 6.07) is 5.93. The van der Waals surface area contributed by atoms with E-state index in [1.54, 1.807) is 10.9 Å². The highest BCUT2D eigenvalue weighted by atomic mass is 16.5. The summed E-state index contributed by atoms with van der Waals surface area (Å²) < 4.78 is 7.29. The van der Waals surface area contributed by atoms with Crippen LogP contribution in [0.3, 0.4) is 0 Å². The maximum atomic E-state index is 12.4. The van der Waals surface area contributed by atoms with Crippen LogP contribution in [-0.4, -0.2) is 22.3 Å². The van der Waals surface area contributed by atoms with Gasteiger partial charge in [-0.15, -0.1) is 0 Å². The third-order valence-electron chi connectivity index (χ3n) is 3.51. The number of benzene rings is 1. The second-order valence-corrected chi connectivity index (χ2v) is 5.01. The smallest absolute Gasteiger partial charge is 0.262 e. The molecule has 1 amide bonds. The highest BCUT2D eigenvalue weighted by molar-refractivity contribution is 6.06. The summed E-state index contributed by atoms with van der Waals surface area (Å²) in [7, 11) is 0. The van der Waals surface area contributed by atoms with Gasteiger partial charge >= 0.3 is 0 Å². The average Bonchev–Trinajstić information content (AvgIpc) is 2.87. The van der Waals surface area contributed by atoms with Crippen molar-refractivity contribution in [2.45, 2.75) is 26.8 Å². The quantitative estimate of drug-likeness (QED) is 0.913. The van der Waals surface area contributed by atoms with Gasteiger partial charge in [-0.1, -0.05) is 18.2 Å². The SMILES string of the molecule is Cc1cccc(C)c1NC(=O)c1cnn2c1OCCC2. The van der Waals surface area contributed by atoms with Gasteiger partial charge in [-0.25, -0.2) is 4.68 Å². The number of nitrogens with one attached hydrogen (secondary N) is 1. The molecule has 0 saturated heterocycles. The van der Waals surface area contributed by atoms with E-state index in [0.717, 1.165) is 29.8 Å². The maximum absolute atomic E-state index is 12.4. The summed E-state index contributed by atoms with van der Waals surface area (Å²) in [5.74, 6) is 0.394. The molecule has 0 aliphatic carbocycles. The lowest BCUT2D eigenvalue weighted by molar-refractivity contribution is 0.102. The number of hydrogen-bond acceptors (Lipinski definition) is 3. The Kier molecular flexibility index (Phi) is 3.18. The Balaban J connectivity index is 1.89. The number of aromatic nitrogens is 2. The molecule has 5 heteroatoms. The van der Waals surface area contributed by atoms with Crippen molar-refractivity contribution < 1.29 is 9.53 Å². The topological polar surface area (TPSA) is 56.2 Å². The molecule has 0 bridgehead atoms. The number of amides is 1. The number of nitrogens with zero attached hydrogens (tertiary/aromatic N) is 2. The highest BCUT2D eigenvalue weighted by Crippen LogP contribution is 2.25. The van der Waals surface area contributed by atoms with Gasteiger partial charge in [0.05, 0.1) is 12.8 Å². The molecule has 104 valence electrons. The molecule has 20 heavy (non-hydrogen) atoms. The van der Waals surface area contributed by atoms with E-state index in [4.69, 9.17) is 4.74 Å². The first-order valence-corrected chi connectivity index (χ1v) is 6.73. The van der Waals surface area contributed by atoms with Crippen LogP contribution < -0.4 is 10.1 Å². The molecule has 2 heterocycles. The third-order valence-corrected chi connectivity index (χ3v) is 3.51. The van der Waals surface area contributed by atoms with Gasteiger partial charge in [0, 0.05) is 18.7 Å². The van der Waals surface area contributed by atoms with Crippen molar-refractivity contribution in [2.75, 3.05) is 11.9 Å². The summed E-state index contributed by atoms with van der Waals surface area (Å²) in [5.41, 5.74) is 3.43. The van der Waals surface area contributed by atoms with Gasteiger partial charge < -0.3 is 10.1 Å². The molecule has 0 atom stereocenters. The van der Waals surface area contributed by atoms with E-state index in [1.165, 1.54) is 0 Å². The minimum atomic E-state index is -0.175. The second kappa shape index (κ2) is 5.00. The number of carbonyl (C=O) groups is 1. The molecule has 3 rings (SSSR count). The Morgan fingerprint density at radius 3 is 2.85 bits per heavy atom. The van der Waals surface area contributed by atoms with Crippen LogP contribution in [0.4, 0.5) is 5.69 Å². The van der Waals surface area contributed by atoms with Gasteiger partial charge in [0.1, 0.15) is 5.56 Å². The van der Waals surface area contributed by atoms with E-state index in [9.17, 15) is 4.79 Å². The number of rotatable bonds is 2. The number of para-hydroxylation sites is 1. The van der Waals surface area contributed by atoms with Gasteiger partial charge in [-0.3, -0.25) is 4.79 Å². The van der Waals surface area contributed by atoms with Crippen LogP contribution in [0.5, 0.6) is 5.88 Å². The first-order chi connectivity index (χ1) is 9.66. The van der Waals surface area contributed by atoms with Crippen LogP contribution in [0.15, 0.2) is 24.4 Å². The number of anilines is 1. The third kappa shape index (κ3) is 2.15. The van der Waals surface area contributed by atoms with Gasteiger partial charge in [-0.05, 0) is 25.0 Å². The Bertz CT molecular complexity index is 641. The van der Waals surface area contributed by atoms with Crippen LogP contribution in [0.1, 0.15) is 27.9 Å². The molecule has 1 aromatic heterocycles. The molecule has 5 nitrogen and oxygen atoms in total. The highest BCUT2D eigenvalue weighted by Gasteiger charge is 2.22. The van der Waals surface area contributed by atoms with Crippen LogP contribution in [0.25, 0.3) is 0 Å². The van der Waals surface area contributed by atoms with E-state index in [-0.39, 0.29) is 5.91 Å². The molecular formula is C15H17N3O2. The normalized spacial score (nSPS) is 13.5. The summed E-state index contributed by atoms with van der Waals surface area (Å²) in [6.45, 7) is 5.39. The Labute approximate surface area is 117 Å². The summed E-state index contributed by atoms with van der Waals surface area (Å²) in [6.07, 6.45) is 2.50. The van der Waals surface area contributed by atoms with Crippen molar-refractivity contribution in [3.8, 4) is 5.88 Å². The predicted octanol–water partition coefficient (Wildman–Crippen LogP) is 2.53. The summed E-state index contributed by atoms with van der Waals surface area (Å²) >= 11 is 0. The lowest BCUT2D eigenvalue weighted by Crippen LogP contribution is -2.19. The van der Waals surface area contributed by atoms with Crippen molar-refractivity contribution >= 4 is 11.6 Å². The molecule has 0 spiro atoms. The van der Waals surface area contributed by atoms with Crippen molar-refractivity contribution in [1.82, 2.24) is 9.78 Å². The largest absolute Gasteiger partial charge is 0.477 e. The van der Waals surface area contributed by atoms with Gasteiger partial charge in [0.2, 0.25) is 5.88 Å². The zero-order chi connectivity index (χ0) is 14.1. The van der Waals surface area contributed by atoms with Gasteiger partial charge in [-0.2, -0.15) is 5.10 Å². The van der Waals surface area contributed by atoms with Crippen LogP contribution in [0, 0.1) is 13.8 Å². The summed E-state index contributed by atoms with van der Waals surface area (Å²) in [4.78, 5) is 12.4. The number of fused-ring (bicyclic) bond motifs is 1. The first kappa shape index (κ1) is 12.7. The maximum Gasteiger partial charge on any atom is 0.262 e. The molecular weight excluding hydrogens is 254 g/mol. The lowest BCUT2D eigenvalue weighted by atomic mass is 10.1. The fraction of sp³-hybridized carbons (Fsp3) is 0.333. The molecule has 1 aliphatic heterocycles. The van der Waals surface area contributed by atoms with E-state index in [2.05, 4.69) is 10.4 Å². The first-order valence-electron chi connectivity index (χ1n) is 6.73. The predicted molar refractivity (Wildman–Crippen MR) is 76.2 cm³/mol. The van der Waals surface area contributed by atoms with Crippen molar-refractivity contribution in [2.24, 2.45) is 0 Å². The Hall–Kier alpha value is -2.30. The van der Waals surface area contributed by atoms with Crippen LogP contribution >= 0.6 is 0 Å². The standard InChI is InChI=1S/C15H17N3O2/c1-10-5-3-6-11(2)13(10)17-14(19)12-9-16-18-7-4-8-20-15(12)18/h3,5-6,9H,4,7-8H2,1-2H3,(H,17,19). The van der Waals surface area contributed by atoms with Crippen molar-refractivity contribution in [3.05, 3.63) is 41.1 Å². The molecule has 0 radical (unpaired) electrons. The molecule has 1 aliphatic rings. The molecule has 0 fully saturated rings. The number of hydrogen-bond donors (Lipinski definition) is 1. The minimum absolute atomic E-state index is 0.175.